The Bertz CT molecular complexity index is 593. The van der Waals surface area contributed by atoms with Crippen molar-refractivity contribution in [1.29, 1.82) is 0 Å². The van der Waals surface area contributed by atoms with Crippen LogP contribution in [0, 0.1) is 0 Å². The average Bonchev–Trinajstić information content (AvgIpc) is 2.46. The Morgan fingerprint density at radius 3 is 2.19 bits per heavy atom. The lowest BCUT2D eigenvalue weighted by Gasteiger charge is -2.21. The summed E-state index contributed by atoms with van der Waals surface area (Å²) in [5, 5.41) is 4.30. The Hall–Kier alpha value is -0.830. The van der Waals surface area contributed by atoms with Gasteiger partial charge in [0.2, 0.25) is 0 Å². The van der Waals surface area contributed by atoms with Gasteiger partial charge in [-0.3, -0.25) is 0 Å². The minimum Gasteiger partial charge on any atom is -0.306 e. The quantitative estimate of drug-likeness (QED) is 0.692. The molecule has 0 bridgehead atoms. The molecule has 0 saturated carbocycles. The van der Waals surface area contributed by atoms with E-state index in [0.717, 1.165) is 16.0 Å². The maximum absolute atomic E-state index is 6.05. The first kappa shape index (κ1) is 16.5. The minimum absolute atomic E-state index is 0.169. The van der Waals surface area contributed by atoms with Crippen LogP contribution in [0.15, 0.2) is 46.9 Å². The third-order valence-electron chi connectivity index (χ3n) is 3.62. The largest absolute Gasteiger partial charge is 0.306 e. The molecule has 3 heteroatoms. The summed E-state index contributed by atoms with van der Waals surface area (Å²) in [4.78, 5) is 0. The first-order valence-corrected chi connectivity index (χ1v) is 8.48. The van der Waals surface area contributed by atoms with Crippen molar-refractivity contribution in [2.75, 3.05) is 6.54 Å². The monoisotopic (exact) mass is 365 g/mol. The molecule has 0 aliphatic carbocycles. The molecule has 112 valence electrons. The summed E-state index contributed by atoms with van der Waals surface area (Å²) in [7, 11) is 0. The highest BCUT2D eigenvalue weighted by Crippen LogP contribution is 2.31. The molecule has 0 heterocycles. The molecule has 0 spiro atoms. The third kappa shape index (κ3) is 4.09. The molecule has 2 aromatic rings. The van der Waals surface area contributed by atoms with Gasteiger partial charge in [-0.15, -0.1) is 0 Å². The zero-order valence-corrected chi connectivity index (χ0v) is 15.0. The zero-order valence-electron chi connectivity index (χ0n) is 12.7. The molecule has 0 amide bonds. The van der Waals surface area contributed by atoms with E-state index in [1.807, 2.05) is 12.1 Å². The summed E-state index contributed by atoms with van der Waals surface area (Å²) in [6.45, 7) is 7.46. The molecule has 1 unspecified atom stereocenters. The molecule has 1 atom stereocenters. The van der Waals surface area contributed by atoms with Crippen molar-refractivity contribution in [1.82, 2.24) is 5.32 Å². The van der Waals surface area contributed by atoms with Gasteiger partial charge < -0.3 is 5.32 Å². The fourth-order valence-electron chi connectivity index (χ4n) is 2.42. The summed E-state index contributed by atoms with van der Waals surface area (Å²) in [6, 6.07) is 15.0. The molecule has 1 N–H and O–H groups in total. The lowest BCUT2D eigenvalue weighted by molar-refractivity contribution is 0.628. The van der Waals surface area contributed by atoms with Crippen molar-refractivity contribution in [3.05, 3.63) is 68.7 Å². The number of nitrogens with one attached hydrogen (secondary N) is 1. The molecule has 1 nitrogen and oxygen atoms in total. The van der Waals surface area contributed by atoms with Crippen LogP contribution < -0.4 is 5.32 Å². The van der Waals surface area contributed by atoms with Gasteiger partial charge in [-0.05, 0) is 41.3 Å². The standard InChI is InChI=1S/C18H21BrClN/c1-4-21-18(16-10-9-15(20)11-17(16)19)14-7-5-13(6-8-14)12(2)3/h5-12,18,21H,4H2,1-3H3. The number of hydrogen-bond acceptors (Lipinski definition) is 1. The minimum atomic E-state index is 0.169. The third-order valence-corrected chi connectivity index (χ3v) is 4.54. The van der Waals surface area contributed by atoms with Gasteiger partial charge in [-0.25, -0.2) is 0 Å². The maximum atomic E-state index is 6.05. The molecule has 0 fully saturated rings. The van der Waals surface area contributed by atoms with E-state index in [2.05, 4.69) is 72.3 Å². The van der Waals surface area contributed by atoms with E-state index < -0.39 is 0 Å². The average molecular weight is 367 g/mol. The van der Waals surface area contributed by atoms with E-state index in [1.165, 1.54) is 16.7 Å². The van der Waals surface area contributed by atoms with Crippen molar-refractivity contribution in [2.24, 2.45) is 0 Å². The van der Waals surface area contributed by atoms with Gasteiger partial charge in [0.05, 0.1) is 6.04 Å². The van der Waals surface area contributed by atoms with Crippen molar-refractivity contribution < 1.29 is 0 Å². The van der Waals surface area contributed by atoms with Gasteiger partial charge in [0, 0.05) is 9.50 Å². The smallest absolute Gasteiger partial charge is 0.0587 e. The second kappa shape index (κ2) is 7.44. The van der Waals surface area contributed by atoms with Crippen LogP contribution in [0.4, 0.5) is 0 Å². The number of hydrogen-bond donors (Lipinski definition) is 1. The molecular weight excluding hydrogens is 346 g/mol. The molecular formula is C18H21BrClN. The highest BCUT2D eigenvalue weighted by molar-refractivity contribution is 9.10. The Morgan fingerprint density at radius 2 is 1.67 bits per heavy atom. The number of rotatable bonds is 5. The van der Waals surface area contributed by atoms with E-state index in [9.17, 15) is 0 Å². The first-order chi connectivity index (χ1) is 10.0. The normalized spacial score (nSPS) is 12.7. The molecule has 0 aromatic heterocycles. The summed E-state index contributed by atoms with van der Waals surface area (Å²) in [5.41, 5.74) is 3.84. The SMILES string of the molecule is CCNC(c1ccc(C(C)C)cc1)c1ccc(Cl)cc1Br. The fourth-order valence-corrected chi connectivity index (χ4v) is 3.33. The Morgan fingerprint density at radius 1 is 1.05 bits per heavy atom. The molecule has 2 rings (SSSR count). The fraction of sp³-hybridized carbons (Fsp3) is 0.333. The first-order valence-electron chi connectivity index (χ1n) is 7.31. The highest BCUT2D eigenvalue weighted by atomic mass is 79.9. The van der Waals surface area contributed by atoms with Crippen LogP contribution in [-0.2, 0) is 0 Å². The Balaban J connectivity index is 2.38. The van der Waals surface area contributed by atoms with Crippen molar-refractivity contribution in [2.45, 2.75) is 32.7 Å². The molecule has 2 aromatic carbocycles. The van der Waals surface area contributed by atoms with Crippen LogP contribution in [0.3, 0.4) is 0 Å². The lowest BCUT2D eigenvalue weighted by atomic mass is 9.95. The van der Waals surface area contributed by atoms with Crippen molar-refractivity contribution in [3.8, 4) is 0 Å². The van der Waals surface area contributed by atoms with Crippen LogP contribution in [0.1, 0.15) is 49.4 Å². The summed E-state index contributed by atoms with van der Waals surface area (Å²) >= 11 is 9.68. The summed E-state index contributed by atoms with van der Waals surface area (Å²) in [5.74, 6) is 0.555. The predicted octanol–water partition coefficient (Wildman–Crippen LogP) is 5.92. The molecule has 21 heavy (non-hydrogen) atoms. The van der Waals surface area contributed by atoms with Gasteiger partial charge in [0.1, 0.15) is 0 Å². The lowest BCUT2D eigenvalue weighted by Crippen LogP contribution is -2.22. The molecule has 0 aliphatic heterocycles. The van der Waals surface area contributed by atoms with E-state index in [0.29, 0.717) is 5.92 Å². The molecule has 0 saturated heterocycles. The second-order valence-electron chi connectivity index (χ2n) is 5.48. The predicted molar refractivity (Wildman–Crippen MR) is 95.2 cm³/mol. The van der Waals surface area contributed by atoms with Crippen LogP contribution in [-0.4, -0.2) is 6.54 Å². The maximum Gasteiger partial charge on any atom is 0.0587 e. The molecule has 0 aliphatic rings. The van der Waals surface area contributed by atoms with Gasteiger partial charge in [0.25, 0.3) is 0 Å². The Kier molecular flexibility index (Phi) is 5.86. The van der Waals surface area contributed by atoms with Crippen LogP contribution in [0.5, 0.6) is 0 Å². The number of halogens is 2. The van der Waals surface area contributed by atoms with E-state index >= 15 is 0 Å². The summed E-state index contributed by atoms with van der Waals surface area (Å²) < 4.78 is 1.04. The zero-order chi connectivity index (χ0) is 15.4. The topological polar surface area (TPSA) is 12.0 Å². The van der Waals surface area contributed by atoms with Gasteiger partial charge >= 0.3 is 0 Å². The van der Waals surface area contributed by atoms with E-state index in [1.54, 1.807) is 0 Å². The Labute approximate surface area is 140 Å². The van der Waals surface area contributed by atoms with Crippen LogP contribution in [0.2, 0.25) is 5.02 Å². The van der Waals surface area contributed by atoms with Crippen LogP contribution >= 0.6 is 27.5 Å². The van der Waals surface area contributed by atoms with Gasteiger partial charge in [-0.2, -0.15) is 0 Å². The van der Waals surface area contributed by atoms with Gasteiger partial charge in [-0.1, -0.05) is 78.6 Å². The van der Waals surface area contributed by atoms with Gasteiger partial charge in [0.15, 0.2) is 0 Å². The second-order valence-corrected chi connectivity index (χ2v) is 6.77. The van der Waals surface area contributed by atoms with Crippen molar-refractivity contribution >= 4 is 27.5 Å². The summed E-state index contributed by atoms with van der Waals surface area (Å²) in [6.07, 6.45) is 0. The number of benzene rings is 2. The van der Waals surface area contributed by atoms with E-state index in [-0.39, 0.29) is 6.04 Å². The van der Waals surface area contributed by atoms with Crippen molar-refractivity contribution in [3.63, 3.8) is 0 Å². The van der Waals surface area contributed by atoms with E-state index in [4.69, 9.17) is 11.6 Å². The van der Waals surface area contributed by atoms with Crippen LogP contribution in [0.25, 0.3) is 0 Å². The highest BCUT2D eigenvalue weighted by Gasteiger charge is 2.16. The molecule has 0 radical (unpaired) electrons.